The van der Waals surface area contributed by atoms with Gasteiger partial charge in [0.1, 0.15) is 5.75 Å². The van der Waals surface area contributed by atoms with E-state index >= 15 is 0 Å². The van der Waals surface area contributed by atoms with Gasteiger partial charge in [-0.25, -0.2) is 0 Å². The van der Waals surface area contributed by atoms with Gasteiger partial charge in [-0.3, -0.25) is 4.68 Å². The first kappa shape index (κ1) is 17.8. The fourth-order valence-electron chi connectivity index (χ4n) is 3.57. The van der Waals surface area contributed by atoms with Gasteiger partial charge in [-0.1, -0.05) is 13.8 Å². The molecule has 25 heavy (non-hydrogen) atoms. The molecule has 136 valence electrons. The average molecular weight is 342 g/mol. The second-order valence-electron chi connectivity index (χ2n) is 7.21. The summed E-state index contributed by atoms with van der Waals surface area (Å²) in [6.45, 7) is 7.51. The van der Waals surface area contributed by atoms with Crippen LogP contribution in [0.5, 0.6) is 5.75 Å². The molecule has 1 aliphatic rings. The van der Waals surface area contributed by atoms with Gasteiger partial charge in [0.25, 0.3) is 0 Å². The van der Waals surface area contributed by atoms with Crippen LogP contribution in [0.4, 0.5) is 5.69 Å². The molecule has 2 heterocycles. The molecule has 1 fully saturated rings. The lowest BCUT2D eigenvalue weighted by molar-refractivity contribution is 0.410. The first-order valence-electron chi connectivity index (χ1n) is 9.21. The smallest absolute Gasteiger partial charge is 0.119 e. The van der Waals surface area contributed by atoms with Gasteiger partial charge in [-0.05, 0) is 43.0 Å². The zero-order valence-electron chi connectivity index (χ0n) is 15.8. The third kappa shape index (κ3) is 4.34. The number of nitrogens with one attached hydrogen (secondary N) is 1. The fourth-order valence-corrected chi connectivity index (χ4v) is 3.57. The summed E-state index contributed by atoms with van der Waals surface area (Å²) in [5, 5.41) is 8.33. The lowest BCUT2D eigenvalue weighted by Crippen LogP contribution is -2.42. The molecule has 0 bridgehead atoms. The second-order valence-corrected chi connectivity index (χ2v) is 7.21. The highest BCUT2D eigenvalue weighted by atomic mass is 16.5. The second kappa shape index (κ2) is 7.91. The van der Waals surface area contributed by atoms with E-state index in [2.05, 4.69) is 47.5 Å². The van der Waals surface area contributed by atoms with Crippen LogP contribution in [0.1, 0.15) is 43.9 Å². The number of methoxy groups -OCH3 is 1. The molecule has 1 aromatic heterocycles. The summed E-state index contributed by atoms with van der Waals surface area (Å²) < 4.78 is 7.17. The highest BCUT2D eigenvalue weighted by molar-refractivity contribution is 5.49. The minimum Gasteiger partial charge on any atom is -0.497 e. The third-order valence-corrected chi connectivity index (χ3v) is 5.00. The molecule has 0 aliphatic carbocycles. The Kier molecular flexibility index (Phi) is 5.63. The highest BCUT2D eigenvalue weighted by Crippen LogP contribution is 2.23. The number of anilines is 1. The van der Waals surface area contributed by atoms with Crippen molar-refractivity contribution in [3.63, 3.8) is 0 Å². The Hall–Kier alpha value is -2.01. The maximum Gasteiger partial charge on any atom is 0.119 e. The van der Waals surface area contributed by atoms with E-state index in [4.69, 9.17) is 4.74 Å². The van der Waals surface area contributed by atoms with Crippen molar-refractivity contribution in [3.8, 4) is 5.75 Å². The minimum absolute atomic E-state index is 0.468. The van der Waals surface area contributed by atoms with E-state index in [1.807, 2.05) is 23.9 Å². The molecule has 2 aromatic rings. The first-order chi connectivity index (χ1) is 12.1. The number of piperidine rings is 1. The summed E-state index contributed by atoms with van der Waals surface area (Å²) in [7, 11) is 3.71. The number of hydrogen-bond acceptors (Lipinski definition) is 4. The van der Waals surface area contributed by atoms with Crippen LogP contribution in [0.2, 0.25) is 0 Å². The fraction of sp³-hybridized carbons (Fsp3) is 0.550. The quantitative estimate of drug-likeness (QED) is 0.874. The van der Waals surface area contributed by atoms with Crippen molar-refractivity contribution in [1.82, 2.24) is 15.1 Å². The standard InChI is InChI=1S/C20H30N4O/c1-15(2)20-16(14-23(3)22-20)13-21-17-9-11-24(12-10-17)18-5-7-19(25-4)8-6-18/h5-8,14-15,17,21H,9-13H2,1-4H3. The Balaban J connectivity index is 1.51. The molecule has 0 radical (unpaired) electrons. The maximum atomic E-state index is 5.24. The highest BCUT2D eigenvalue weighted by Gasteiger charge is 2.20. The number of aryl methyl sites for hydroxylation is 1. The first-order valence-corrected chi connectivity index (χ1v) is 9.21. The van der Waals surface area contributed by atoms with E-state index < -0.39 is 0 Å². The molecule has 0 unspecified atom stereocenters. The predicted molar refractivity (Wildman–Crippen MR) is 102 cm³/mol. The Morgan fingerprint density at radius 1 is 1.20 bits per heavy atom. The van der Waals surface area contributed by atoms with Crippen molar-refractivity contribution < 1.29 is 4.74 Å². The van der Waals surface area contributed by atoms with Crippen LogP contribution in [0.15, 0.2) is 30.5 Å². The minimum atomic E-state index is 0.468. The van der Waals surface area contributed by atoms with Crippen molar-refractivity contribution in [2.45, 2.75) is 45.2 Å². The van der Waals surface area contributed by atoms with E-state index in [1.165, 1.54) is 29.8 Å². The molecule has 5 nitrogen and oxygen atoms in total. The molecule has 3 rings (SSSR count). The summed E-state index contributed by atoms with van der Waals surface area (Å²) in [4.78, 5) is 2.46. The molecule has 1 aromatic carbocycles. The molecule has 1 aliphatic heterocycles. The molecule has 1 N–H and O–H groups in total. The van der Waals surface area contributed by atoms with E-state index in [0.717, 1.165) is 25.4 Å². The topological polar surface area (TPSA) is 42.3 Å². The summed E-state index contributed by atoms with van der Waals surface area (Å²) >= 11 is 0. The van der Waals surface area contributed by atoms with Gasteiger partial charge in [0, 0.05) is 50.2 Å². The van der Waals surface area contributed by atoms with Gasteiger partial charge in [-0.15, -0.1) is 0 Å². The van der Waals surface area contributed by atoms with E-state index in [9.17, 15) is 0 Å². The number of hydrogen-bond donors (Lipinski definition) is 1. The Morgan fingerprint density at radius 2 is 1.88 bits per heavy atom. The Labute approximate surface area is 151 Å². The number of nitrogens with zero attached hydrogens (tertiary/aromatic N) is 3. The maximum absolute atomic E-state index is 5.24. The predicted octanol–water partition coefficient (Wildman–Crippen LogP) is 3.31. The molecule has 0 amide bonds. The summed E-state index contributed by atoms with van der Waals surface area (Å²) in [5.41, 5.74) is 3.83. The van der Waals surface area contributed by atoms with Gasteiger partial charge in [-0.2, -0.15) is 5.10 Å². The lowest BCUT2D eigenvalue weighted by Gasteiger charge is -2.34. The number of rotatable bonds is 6. The van der Waals surface area contributed by atoms with E-state index in [0.29, 0.717) is 12.0 Å². The SMILES string of the molecule is COc1ccc(N2CCC(NCc3cn(C)nc3C(C)C)CC2)cc1. The largest absolute Gasteiger partial charge is 0.497 e. The number of aromatic nitrogens is 2. The van der Waals surface area contributed by atoms with Gasteiger partial charge < -0.3 is 15.0 Å². The van der Waals surface area contributed by atoms with Gasteiger partial charge in [0.2, 0.25) is 0 Å². The molecule has 1 saturated heterocycles. The van der Waals surface area contributed by atoms with Crippen molar-refractivity contribution in [2.24, 2.45) is 7.05 Å². The Morgan fingerprint density at radius 3 is 2.48 bits per heavy atom. The third-order valence-electron chi connectivity index (χ3n) is 5.00. The zero-order chi connectivity index (χ0) is 17.8. The summed E-state index contributed by atoms with van der Waals surface area (Å²) in [5.74, 6) is 1.38. The van der Waals surface area contributed by atoms with Crippen LogP contribution < -0.4 is 15.0 Å². The van der Waals surface area contributed by atoms with Crippen LogP contribution >= 0.6 is 0 Å². The lowest BCUT2D eigenvalue weighted by atomic mass is 10.0. The molecular formula is C20H30N4O. The zero-order valence-corrected chi connectivity index (χ0v) is 15.8. The monoisotopic (exact) mass is 342 g/mol. The van der Waals surface area contributed by atoms with Crippen molar-refractivity contribution in [2.75, 3.05) is 25.1 Å². The van der Waals surface area contributed by atoms with E-state index in [-0.39, 0.29) is 0 Å². The summed E-state index contributed by atoms with van der Waals surface area (Å²) in [6.07, 6.45) is 4.49. The normalized spacial score (nSPS) is 15.8. The van der Waals surface area contributed by atoms with Crippen LogP contribution in [0.25, 0.3) is 0 Å². The van der Waals surface area contributed by atoms with Gasteiger partial charge in [0.05, 0.1) is 12.8 Å². The molecular weight excluding hydrogens is 312 g/mol. The average Bonchev–Trinajstić information content (AvgIpc) is 3.01. The van der Waals surface area contributed by atoms with Gasteiger partial charge in [0.15, 0.2) is 0 Å². The number of benzene rings is 1. The van der Waals surface area contributed by atoms with Crippen molar-refractivity contribution in [1.29, 1.82) is 0 Å². The van der Waals surface area contributed by atoms with Crippen molar-refractivity contribution >= 4 is 5.69 Å². The van der Waals surface area contributed by atoms with Crippen LogP contribution in [-0.4, -0.2) is 36.0 Å². The van der Waals surface area contributed by atoms with Crippen LogP contribution in [0.3, 0.4) is 0 Å². The van der Waals surface area contributed by atoms with Crippen LogP contribution in [-0.2, 0) is 13.6 Å². The molecule has 0 saturated carbocycles. The Bertz CT molecular complexity index is 670. The van der Waals surface area contributed by atoms with Crippen LogP contribution in [0, 0.1) is 0 Å². The van der Waals surface area contributed by atoms with Gasteiger partial charge >= 0.3 is 0 Å². The van der Waals surface area contributed by atoms with Crippen molar-refractivity contribution in [3.05, 3.63) is 41.7 Å². The molecule has 5 heteroatoms. The summed E-state index contributed by atoms with van der Waals surface area (Å²) in [6, 6.07) is 8.95. The number of ether oxygens (including phenoxy) is 1. The molecule has 0 spiro atoms. The molecule has 0 atom stereocenters. The van der Waals surface area contributed by atoms with E-state index in [1.54, 1.807) is 7.11 Å².